The van der Waals surface area contributed by atoms with Crippen molar-refractivity contribution in [1.29, 1.82) is 0 Å². The third kappa shape index (κ3) is 6.09. The van der Waals surface area contributed by atoms with Crippen LogP contribution in [0.15, 0.2) is 42.6 Å². The number of nitrogens with zero attached hydrogens (tertiary/aromatic N) is 2. The number of non-ortho nitro benzene ring substituents is 1. The summed E-state index contributed by atoms with van der Waals surface area (Å²) in [5.41, 5.74) is 1.74. The molecule has 2 N–H and O–H groups in total. The molecule has 1 aromatic carbocycles. The molecule has 0 aliphatic rings. The molecular formula is C17H20N4O4. The largest absolute Gasteiger partial charge is 0.481 e. The molecule has 0 fully saturated rings. The summed E-state index contributed by atoms with van der Waals surface area (Å²) >= 11 is 0. The third-order valence-corrected chi connectivity index (χ3v) is 3.48. The zero-order valence-electron chi connectivity index (χ0n) is 13.9. The normalized spacial score (nSPS) is 10.1. The number of benzene rings is 1. The van der Waals surface area contributed by atoms with E-state index in [2.05, 4.69) is 15.6 Å². The number of carbonyl (C=O) groups excluding carboxylic acids is 1. The maximum Gasteiger partial charge on any atom is 0.269 e. The Morgan fingerprint density at radius 2 is 2.00 bits per heavy atom. The summed E-state index contributed by atoms with van der Waals surface area (Å²) in [7, 11) is 1.55. The maximum absolute atomic E-state index is 11.8. The van der Waals surface area contributed by atoms with E-state index in [0.717, 1.165) is 11.3 Å². The molecule has 0 saturated carbocycles. The molecule has 0 atom stereocenters. The van der Waals surface area contributed by atoms with E-state index in [1.165, 1.54) is 12.1 Å². The highest BCUT2D eigenvalue weighted by molar-refractivity contribution is 5.75. The summed E-state index contributed by atoms with van der Waals surface area (Å²) < 4.78 is 4.98. The molecule has 132 valence electrons. The van der Waals surface area contributed by atoms with E-state index in [9.17, 15) is 14.9 Å². The molecule has 2 rings (SSSR count). The average Bonchev–Trinajstić information content (AvgIpc) is 2.64. The van der Waals surface area contributed by atoms with Gasteiger partial charge in [0.2, 0.25) is 11.8 Å². The first kappa shape index (κ1) is 18.2. The number of pyridine rings is 1. The fourth-order valence-corrected chi connectivity index (χ4v) is 2.11. The summed E-state index contributed by atoms with van der Waals surface area (Å²) in [6.45, 7) is 1.03. The van der Waals surface area contributed by atoms with Crippen molar-refractivity contribution in [1.82, 2.24) is 10.3 Å². The molecule has 0 radical (unpaired) electrons. The molecule has 2 aromatic rings. The number of rotatable bonds is 9. The van der Waals surface area contributed by atoms with Crippen LogP contribution in [-0.4, -0.2) is 29.5 Å². The van der Waals surface area contributed by atoms with Crippen molar-refractivity contribution in [3.63, 3.8) is 0 Å². The van der Waals surface area contributed by atoms with Crippen molar-refractivity contribution < 1.29 is 14.5 Å². The lowest BCUT2D eigenvalue weighted by Gasteiger charge is -2.07. The van der Waals surface area contributed by atoms with Gasteiger partial charge < -0.3 is 15.4 Å². The van der Waals surface area contributed by atoms with Crippen LogP contribution >= 0.6 is 0 Å². The first-order valence-corrected chi connectivity index (χ1v) is 7.82. The van der Waals surface area contributed by atoms with Crippen molar-refractivity contribution in [3.05, 3.63) is 58.3 Å². The molecule has 8 heteroatoms. The molecule has 0 saturated heterocycles. The van der Waals surface area contributed by atoms with Gasteiger partial charge >= 0.3 is 0 Å². The van der Waals surface area contributed by atoms with Crippen LogP contribution in [0.4, 0.5) is 11.4 Å². The van der Waals surface area contributed by atoms with Crippen LogP contribution in [0.1, 0.15) is 18.4 Å². The van der Waals surface area contributed by atoms with E-state index >= 15 is 0 Å². The summed E-state index contributed by atoms with van der Waals surface area (Å²) in [4.78, 5) is 26.0. The van der Waals surface area contributed by atoms with E-state index in [-0.39, 0.29) is 11.6 Å². The number of ether oxygens (including phenoxy) is 1. The summed E-state index contributed by atoms with van der Waals surface area (Å²) in [5, 5.41) is 16.5. The molecule has 1 aromatic heterocycles. The molecule has 0 bridgehead atoms. The molecule has 0 unspecified atom stereocenters. The standard InChI is InChI=1S/C17H20N4O4/c1-25-17-9-4-13(12-20-17)11-19-16(22)3-2-10-18-14-5-7-15(8-6-14)21(23)24/h4-9,12,18H,2-3,10-11H2,1H3,(H,19,22). The van der Waals surface area contributed by atoms with E-state index in [0.29, 0.717) is 31.8 Å². The van der Waals surface area contributed by atoms with Gasteiger partial charge in [0.05, 0.1) is 12.0 Å². The number of carbonyl (C=O) groups is 1. The fourth-order valence-electron chi connectivity index (χ4n) is 2.11. The van der Waals surface area contributed by atoms with Gasteiger partial charge in [-0.1, -0.05) is 6.07 Å². The van der Waals surface area contributed by atoms with Gasteiger partial charge in [-0.3, -0.25) is 14.9 Å². The quantitative estimate of drug-likeness (QED) is 0.411. The number of amides is 1. The number of nitrogens with one attached hydrogen (secondary N) is 2. The van der Waals surface area contributed by atoms with Crippen molar-refractivity contribution in [3.8, 4) is 5.88 Å². The lowest BCUT2D eigenvalue weighted by Crippen LogP contribution is -2.23. The second-order valence-corrected chi connectivity index (χ2v) is 5.32. The highest BCUT2D eigenvalue weighted by Crippen LogP contribution is 2.15. The van der Waals surface area contributed by atoms with E-state index in [4.69, 9.17) is 4.74 Å². The number of nitro groups is 1. The fraction of sp³-hybridized carbons (Fsp3) is 0.294. The number of hydrogen-bond acceptors (Lipinski definition) is 6. The molecule has 0 spiro atoms. The number of nitro benzene ring substituents is 1. The number of aromatic nitrogens is 1. The predicted molar refractivity (Wildman–Crippen MR) is 93.5 cm³/mol. The van der Waals surface area contributed by atoms with Crippen LogP contribution < -0.4 is 15.4 Å². The average molecular weight is 344 g/mol. The number of methoxy groups -OCH3 is 1. The Morgan fingerprint density at radius 1 is 1.24 bits per heavy atom. The Labute approximate surface area is 145 Å². The molecule has 1 amide bonds. The maximum atomic E-state index is 11.8. The van der Waals surface area contributed by atoms with Gasteiger partial charge in [-0.25, -0.2) is 4.98 Å². The second-order valence-electron chi connectivity index (χ2n) is 5.32. The van der Waals surface area contributed by atoms with Crippen molar-refractivity contribution in [2.24, 2.45) is 0 Å². The van der Waals surface area contributed by atoms with Crippen LogP contribution in [0.2, 0.25) is 0 Å². The predicted octanol–water partition coefficient (Wildman–Crippen LogP) is 2.51. The monoisotopic (exact) mass is 344 g/mol. The van der Waals surface area contributed by atoms with Crippen LogP contribution in [0.25, 0.3) is 0 Å². The zero-order chi connectivity index (χ0) is 18.1. The first-order valence-electron chi connectivity index (χ1n) is 7.82. The minimum Gasteiger partial charge on any atom is -0.481 e. The van der Waals surface area contributed by atoms with Gasteiger partial charge in [-0.15, -0.1) is 0 Å². The van der Waals surface area contributed by atoms with Gasteiger partial charge in [0.15, 0.2) is 0 Å². The molecule has 8 nitrogen and oxygen atoms in total. The zero-order valence-corrected chi connectivity index (χ0v) is 13.9. The third-order valence-electron chi connectivity index (χ3n) is 3.48. The minimum atomic E-state index is -0.438. The van der Waals surface area contributed by atoms with Crippen LogP contribution in [0, 0.1) is 10.1 Å². The Balaban J connectivity index is 1.63. The van der Waals surface area contributed by atoms with Crippen molar-refractivity contribution >= 4 is 17.3 Å². The summed E-state index contributed by atoms with van der Waals surface area (Å²) in [6, 6.07) is 9.78. The lowest BCUT2D eigenvalue weighted by atomic mass is 10.2. The SMILES string of the molecule is COc1ccc(CNC(=O)CCCNc2ccc([N+](=O)[O-])cc2)cn1. The van der Waals surface area contributed by atoms with E-state index in [1.807, 2.05) is 6.07 Å². The van der Waals surface area contributed by atoms with Crippen LogP contribution in [0.3, 0.4) is 0 Å². The van der Waals surface area contributed by atoms with Gasteiger partial charge in [0.1, 0.15) is 0 Å². The molecule has 25 heavy (non-hydrogen) atoms. The van der Waals surface area contributed by atoms with Gasteiger partial charge in [-0.2, -0.15) is 0 Å². The highest BCUT2D eigenvalue weighted by atomic mass is 16.6. The van der Waals surface area contributed by atoms with Gasteiger partial charge in [0.25, 0.3) is 5.69 Å². The molecule has 0 aliphatic carbocycles. The Bertz CT molecular complexity index is 702. The van der Waals surface area contributed by atoms with Gasteiger partial charge in [-0.05, 0) is 24.1 Å². The van der Waals surface area contributed by atoms with Gasteiger partial charge in [0, 0.05) is 49.6 Å². The topological polar surface area (TPSA) is 106 Å². The number of anilines is 1. The van der Waals surface area contributed by atoms with Crippen LogP contribution in [-0.2, 0) is 11.3 Å². The highest BCUT2D eigenvalue weighted by Gasteiger charge is 2.04. The van der Waals surface area contributed by atoms with Crippen molar-refractivity contribution in [2.45, 2.75) is 19.4 Å². The Morgan fingerprint density at radius 3 is 2.60 bits per heavy atom. The van der Waals surface area contributed by atoms with Crippen molar-refractivity contribution in [2.75, 3.05) is 19.0 Å². The molecule has 0 aliphatic heterocycles. The second kappa shape index (κ2) is 9.21. The first-order chi connectivity index (χ1) is 12.1. The van der Waals surface area contributed by atoms with E-state index < -0.39 is 4.92 Å². The van der Waals surface area contributed by atoms with Crippen LogP contribution in [0.5, 0.6) is 5.88 Å². The Kier molecular flexibility index (Phi) is 6.70. The summed E-state index contributed by atoms with van der Waals surface area (Å²) in [6.07, 6.45) is 2.71. The minimum absolute atomic E-state index is 0.0404. The number of hydrogen-bond donors (Lipinski definition) is 2. The lowest BCUT2D eigenvalue weighted by molar-refractivity contribution is -0.384. The smallest absolute Gasteiger partial charge is 0.269 e. The summed E-state index contributed by atoms with van der Waals surface area (Å²) in [5.74, 6) is 0.494. The molecule has 1 heterocycles. The molecular weight excluding hydrogens is 324 g/mol. The Hall–Kier alpha value is -3.16. The van der Waals surface area contributed by atoms with E-state index in [1.54, 1.807) is 31.5 Å².